The average Bonchev–Trinajstić information content (AvgIpc) is 2.99. The highest BCUT2D eigenvalue weighted by Crippen LogP contribution is 2.47. The van der Waals surface area contributed by atoms with Crippen LogP contribution in [0.4, 0.5) is 0 Å². The molecule has 0 saturated heterocycles. The van der Waals surface area contributed by atoms with Gasteiger partial charge in [0.1, 0.15) is 11.9 Å². The van der Waals surface area contributed by atoms with E-state index in [-0.39, 0.29) is 18.0 Å². The molecule has 3 aliphatic rings. The molecule has 0 spiro atoms. The van der Waals surface area contributed by atoms with E-state index in [4.69, 9.17) is 9.47 Å². The summed E-state index contributed by atoms with van der Waals surface area (Å²) >= 11 is 0. The van der Waals surface area contributed by atoms with Crippen molar-refractivity contribution in [3.8, 4) is 5.75 Å². The number of hydrogen-bond acceptors (Lipinski definition) is 4. The van der Waals surface area contributed by atoms with Crippen LogP contribution in [-0.2, 0) is 9.53 Å². The predicted octanol–water partition coefficient (Wildman–Crippen LogP) is 3.63. The van der Waals surface area contributed by atoms with Crippen molar-refractivity contribution in [2.75, 3.05) is 0 Å². The van der Waals surface area contributed by atoms with Crippen LogP contribution in [-0.4, -0.2) is 17.8 Å². The van der Waals surface area contributed by atoms with Crippen molar-refractivity contribution in [2.24, 2.45) is 0 Å². The van der Waals surface area contributed by atoms with Gasteiger partial charge in [-0.15, -0.1) is 0 Å². The number of hydrogen-bond donors (Lipinski definition) is 1. The lowest BCUT2D eigenvalue weighted by molar-refractivity contribution is -0.145. The Morgan fingerprint density at radius 3 is 2.83 bits per heavy atom. The summed E-state index contributed by atoms with van der Waals surface area (Å²) in [6, 6.07) is 8.00. The maximum absolute atomic E-state index is 12.8. The van der Waals surface area contributed by atoms with Gasteiger partial charge in [-0.1, -0.05) is 18.2 Å². The summed E-state index contributed by atoms with van der Waals surface area (Å²) in [6.07, 6.45) is 5.14. The molecular weight excluding hydrogens is 290 g/mol. The van der Waals surface area contributed by atoms with E-state index >= 15 is 0 Å². The molecule has 2 heterocycles. The van der Waals surface area contributed by atoms with Crippen molar-refractivity contribution in [1.82, 2.24) is 5.32 Å². The van der Waals surface area contributed by atoms with Gasteiger partial charge in [-0.05, 0) is 45.6 Å². The Morgan fingerprint density at radius 1 is 1.30 bits per heavy atom. The number of carbonyl (C=O) groups excluding carboxylic acids is 1. The van der Waals surface area contributed by atoms with Gasteiger partial charge >= 0.3 is 5.97 Å². The van der Waals surface area contributed by atoms with Gasteiger partial charge in [0, 0.05) is 23.6 Å². The Hall–Kier alpha value is -1.97. The number of esters is 1. The molecule has 1 saturated carbocycles. The second-order valence-electron chi connectivity index (χ2n) is 7.10. The van der Waals surface area contributed by atoms with Crippen LogP contribution in [0.5, 0.6) is 5.75 Å². The number of allylic oxidation sites excluding steroid dienone is 1. The third kappa shape index (κ3) is 2.50. The zero-order valence-corrected chi connectivity index (χ0v) is 13.7. The van der Waals surface area contributed by atoms with Crippen LogP contribution in [0.25, 0.3) is 0 Å². The van der Waals surface area contributed by atoms with Crippen LogP contribution in [0.1, 0.15) is 57.4 Å². The average molecular weight is 313 g/mol. The molecule has 0 radical (unpaired) electrons. The molecule has 4 rings (SSSR count). The lowest BCUT2D eigenvalue weighted by Gasteiger charge is -2.45. The number of ether oxygens (including phenoxy) is 2. The highest BCUT2D eigenvalue weighted by atomic mass is 16.5. The fourth-order valence-electron chi connectivity index (χ4n) is 4.22. The second kappa shape index (κ2) is 5.29. The largest absolute Gasteiger partial charge is 0.468 e. The van der Waals surface area contributed by atoms with Gasteiger partial charge in [-0.3, -0.25) is 0 Å². The minimum Gasteiger partial charge on any atom is -0.468 e. The molecule has 2 atom stereocenters. The molecule has 122 valence electrons. The molecule has 0 aromatic heterocycles. The summed E-state index contributed by atoms with van der Waals surface area (Å²) in [5, 5.41) is 3.38. The van der Waals surface area contributed by atoms with Gasteiger partial charge in [-0.2, -0.15) is 0 Å². The highest BCUT2D eigenvalue weighted by molar-refractivity contribution is 5.92. The van der Waals surface area contributed by atoms with Crippen molar-refractivity contribution >= 4 is 5.97 Å². The van der Waals surface area contributed by atoms with Gasteiger partial charge in [0.05, 0.1) is 5.57 Å². The quantitative estimate of drug-likeness (QED) is 0.847. The Labute approximate surface area is 136 Å². The Kier molecular flexibility index (Phi) is 3.36. The van der Waals surface area contributed by atoms with Crippen molar-refractivity contribution in [1.29, 1.82) is 0 Å². The van der Waals surface area contributed by atoms with Crippen LogP contribution in [0.3, 0.4) is 0 Å². The van der Waals surface area contributed by atoms with Gasteiger partial charge in [-0.25, -0.2) is 4.79 Å². The Balaban J connectivity index is 1.69. The van der Waals surface area contributed by atoms with E-state index in [1.165, 1.54) is 0 Å². The number of nitrogens with one attached hydrogen (secondary N) is 1. The zero-order valence-electron chi connectivity index (χ0n) is 13.7. The summed E-state index contributed by atoms with van der Waals surface area (Å²) in [4.78, 5) is 12.8. The summed E-state index contributed by atoms with van der Waals surface area (Å²) in [6.45, 7) is 3.99. The number of rotatable bonds is 2. The SMILES string of the molecule is CC1=C(C(=O)OC2CCCC2)[C@@H]2C[C@@](C)(N1)Oc1ccccc12. The first kappa shape index (κ1) is 14.6. The topological polar surface area (TPSA) is 47.6 Å². The normalized spacial score (nSPS) is 29.6. The number of benzene rings is 1. The lowest BCUT2D eigenvalue weighted by atomic mass is 9.78. The molecule has 23 heavy (non-hydrogen) atoms. The molecule has 1 aliphatic carbocycles. The van der Waals surface area contributed by atoms with Crippen LogP contribution in [0.2, 0.25) is 0 Å². The standard InChI is InChI=1S/C19H23NO3/c1-12-17(18(21)22-13-7-3-4-8-13)15-11-19(2,20-12)23-16-10-6-5-9-14(15)16/h5-6,9-10,13,15,20H,3-4,7-8,11H2,1-2H3/t15-,19+/m1/s1. The van der Waals surface area contributed by atoms with E-state index in [9.17, 15) is 4.79 Å². The summed E-state index contributed by atoms with van der Waals surface area (Å²) in [5.41, 5.74) is 2.27. The van der Waals surface area contributed by atoms with Gasteiger partial charge in [0.15, 0.2) is 5.72 Å². The molecule has 1 fully saturated rings. The van der Waals surface area contributed by atoms with E-state index in [0.717, 1.165) is 54.7 Å². The van der Waals surface area contributed by atoms with Crippen molar-refractivity contribution in [2.45, 2.75) is 63.7 Å². The molecule has 1 aromatic rings. The maximum Gasteiger partial charge on any atom is 0.336 e. The molecular formula is C19H23NO3. The van der Waals surface area contributed by atoms with Gasteiger partial charge < -0.3 is 14.8 Å². The summed E-state index contributed by atoms with van der Waals surface area (Å²) in [5.74, 6) is 0.739. The third-order valence-corrected chi connectivity index (χ3v) is 5.22. The summed E-state index contributed by atoms with van der Waals surface area (Å²) in [7, 11) is 0. The van der Waals surface area contributed by atoms with E-state index < -0.39 is 5.72 Å². The first-order valence-electron chi connectivity index (χ1n) is 8.54. The molecule has 2 aliphatic heterocycles. The fraction of sp³-hybridized carbons (Fsp3) is 0.526. The molecule has 1 aromatic carbocycles. The minimum atomic E-state index is -0.458. The van der Waals surface area contributed by atoms with E-state index in [1.807, 2.05) is 32.0 Å². The Morgan fingerprint density at radius 2 is 2.04 bits per heavy atom. The van der Waals surface area contributed by atoms with Crippen molar-refractivity contribution in [3.63, 3.8) is 0 Å². The molecule has 1 N–H and O–H groups in total. The van der Waals surface area contributed by atoms with Gasteiger partial charge in [0.25, 0.3) is 0 Å². The fourth-order valence-corrected chi connectivity index (χ4v) is 4.22. The van der Waals surface area contributed by atoms with Crippen LogP contribution >= 0.6 is 0 Å². The highest BCUT2D eigenvalue weighted by Gasteiger charge is 2.45. The first-order chi connectivity index (χ1) is 11.1. The second-order valence-corrected chi connectivity index (χ2v) is 7.10. The number of fused-ring (bicyclic) bond motifs is 4. The third-order valence-electron chi connectivity index (χ3n) is 5.22. The van der Waals surface area contributed by atoms with E-state index in [2.05, 4.69) is 11.4 Å². The number of carbonyl (C=O) groups is 1. The van der Waals surface area contributed by atoms with Gasteiger partial charge in [0.2, 0.25) is 0 Å². The van der Waals surface area contributed by atoms with E-state index in [1.54, 1.807) is 0 Å². The number of para-hydroxylation sites is 1. The van der Waals surface area contributed by atoms with Crippen molar-refractivity contribution < 1.29 is 14.3 Å². The van der Waals surface area contributed by atoms with Crippen molar-refractivity contribution in [3.05, 3.63) is 41.1 Å². The molecule has 4 heteroatoms. The monoisotopic (exact) mass is 313 g/mol. The van der Waals surface area contributed by atoms with Crippen LogP contribution in [0, 0.1) is 0 Å². The molecule has 0 unspecified atom stereocenters. The molecule has 4 nitrogen and oxygen atoms in total. The summed E-state index contributed by atoms with van der Waals surface area (Å²) < 4.78 is 11.9. The van der Waals surface area contributed by atoms with Crippen LogP contribution in [0.15, 0.2) is 35.5 Å². The first-order valence-corrected chi connectivity index (χ1v) is 8.54. The molecule has 2 bridgehead atoms. The smallest absolute Gasteiger partial charge is 0.336 e. The zero-order chi connectivity index (χ0) is 16.0. The minimum absolute atomic E-state index is 0.0418. The van der Waals surface area contributed by atoms with Crippen LogP contribution < -0.4 is 10.1 Å². The van der Waals surface area contributed by atoms with E-state index in [0.29, 0.717) is 0 Å². The lowest BCUT2D eigenvalue weighted by Crippen LogP contribution is -2.54. The maximum atomic E-state index is 12.8. The molecule has 0 amide bonds. The predicted molar refractivity (Wildman–Crippen MR) is 87.0 cm³/mol. The Bertz CT molecular complexity index is 675.